The summed E-state index contributed by atoms with van der Waals surface area (Å²) in [5.41, 5.74) is 2.96. The molecule has 7 heteroatoms. The van der Waals surface area contributed by atoms with E-state index in [4.69, 9.17) is 4.74 Å². The fourth-order valence-electron chi connectivity index (χ4n) is 3.62. The average molecular weight is 443 g/mol. The van der Waals surface area contributed by atoms with Gasteiger partial charge in [0.25, 0.3) is 0 Å². The van der Waals surface area contributed by atoms with E-state index >= 15 is 0 Å². The quantitative estimate of drug-likeness (QED) is 0.628. The van der Waals surface area contributed by atoms with Crippen LogP contribution in [0.15, 0.2) is 46.9 Å². The van der Waals surface area contributed by atoms with Gasteiger partial charge in [-0.05, 0) is 48.7 Å². The summed E-state index contributed by atoms with van der Waals surface area (Å²) in [7, 11) is 1.64. The molecular formula is C21H23BrN4O2. The number of hydrogen-bond donors (Lipinski definition) is 2. The van der Waals surface area contributed by atoms with Crippen molar-refractivity contribution in [2.24, 2.45) is 5.92 Å². The third-order valence-electron chi connectivity index (χ3n) is 5.12. The monoisotopic (exact) mass is 442 g/mol. The van der Waals surface area contributed by atoms with Crippen LogP contribution in [0, 0.1) is 5.92 Å². The summed E-state index contributed by atoms with van der Waals surface area (Å²) in [6.07, 6.45) is 1.87. The maximum atomic E-state index is 12.7. The molecule has 6 nitrogen and oxygen atoms in total. The van der Waals surface area contributed by atoms with Gasteiger partial charge in [-0.3, -0.25) is 4.79 Å². The van der Waals surface area contributed by atoms with Crippen molar-refractivity contribution >= 4 is 38.8 Å². The van der Waals surface area contributed by atoms with Gasteiger partial charge in [-0.25, -0.2) is 4.98 Å². The Hall–Kier alpha value is -2.54. The van der Waals surface area contributed by atoms with Gasteiger partial charge in [0.2, 0.25) is 11.9 Å². The number of ether oxygens (including phenoxy) is 1. The molecule has 0 radical (unpaired) electrons. The first-order chi connectivity index (χ1) is 13.6. The minimum absolute atomic E-state index is 0.0423. The van der Waals surface area contributed by atoms with Crippen molar-refractivity contribution in [3.05, 3.63) is 52.5 Å². The van der Waals surface area contributed by atoms with Gasteiger partial charge in [0.1, 0.15) is 5.75 Å². The van der Waals surface area contributed by atoms with Gasteiger partial charge < -0.3 is 19.9 Å². The zero-order valence-corrected chi connectivity index (χ0v) is 17.3. The minimum atomic E-state index is -0.0423. The number of fused-ring (bicyclic) bond motifs is 1. The SMILES string of the molecule is COc1cccc(CNC(=O)C2CCCN(c3nc4ccc(Br)cc4[nH]3)C2)c1. The van der Waals surface area contributed by atoms with E-state index in [1.807, 2.05) is 42.5 Å². The maximum Gasteiger partial charge on any atom is 0.225 e. The fourth-order valence-corrected chi connectivity index (χ4v) is 3.98. The molecule has 0 spiro atoms. The largest absolute Gasteiger partial charge is 0.497 e. The number of benzene rings is 2. The van der Waals surface area contributed by atoms with Gasteiger partial charge >= 0.3 is 0 Å². The van der Waals surface area contributed by atoms with E-state index in [2.05, 4.69) is 36.1 Å². The number of H-pyrrole nitrogens is 1. The van der Waals surface area contributed by atoms with Gasteiger partial charge in [0, 0.05) is 24.1 Å². The van der Waals surface area contributed by atoms with Crippen LogP contribution in [0.5, 0.6) is 5.75 Å². The predicted molar refractivity (Wildman–Crippen MR) is 114 cm³/mol. The number of nitrogens with zero attached hydrogens (tertiary/aromatic N) is 2. The molecule has 2 heterocycles. The van der Waals surface area contributed by atoms with Gasteiger partial charge in [0.05, 0.1) is 24.1 Å². The number of aromatic nitrogens is 2. The lowest BCUT2D eigenvalue weighted by molar-refractivity contribution is -0.125. The Morgan fingerprint density at radius 2 is 2.25 bits per heavy atom. The van der Waals surface area contributed by atoms with Crippen molar-refractivity contribution < 1.29 is 9.53 Å². The third-order valence-corrected chi connectivity index (χ3v) is 5.62. The number of hydrogen-bond acceptors (Lipinski definition) is 4. The average Bonchev–Trinajstić information content (AvgIpc) is 3.15. The molecule has 0 bridgehead atoms. The van der Waals surface area contributed by atoms with E-state index in [0.29, 0.717) is 13.1 Å². The van der Waals surface area contributed by atoms with Crippen LogP contribution >= 0.6 is 15.9 Å². The second-order valence-corrected chi connectivity index (χ2v) is 7.99. The van der Waals surface area contributed by atoms with Gasteiger partial charge in [0.15, 0.2) is 0 Å². The summed E-state index contributed by atoms with van der Waals surface area (Å²) < 4.78 is 6.26. The molecule has 1 saturated heterocycles. The Balaban J connectivity index is 1.40. The molecule has 146 valence electrons. The molecule has 3 aromatic rings. The molecule has 1 fully saturated rings. The number of halogens is 1. The lowest BCUT2D eigenvalue weighted by atomic mass is 9.97. The van der Waals surface area contributed by atoms with E-state index in [-0.39, 0.29) is 11.8 Å². The number of aromatic amines is 1. The number of imidazole rings is 1. The standard InChI is InChI=1S/C21H23BrN4O2/c1-28-17-6-2-4-14(10-17)12-23-20(27)15-5-3-9-26(13-15)21-24-18-8-7-16(22)11-19(18)25-21/h2,4,6-8,10-11,15H,3,5,9,12-13H2,1H3,(H,23,27)(H,24,25). The number of carbonyl (C=O) groups excluding carboxylic acids is 1. The molecule has 1 amide bonds. The minimum Gasteiger partial charge on any atom is -0.497 e. The topological polar surface area (TPSA) is 70.2 Å². The normalized spacial score (nSPS) is 16.9. The number of amides is 1. The smallest absolute Gasteiger partial charge is 0.225 e. The summed E-state index contributed by atoms with van der Waals surface area (Å²) >= 11 is 3.49. The molecular weight excluding hydrogens is 420 g/mol. The highest BCUT2D eigenvalue weighted by Gasteiger charge is 2.27. The molecule has 2 N–H and O–H groups in total. The number of methoxy groups -OCH3 is 1. The summed E-state index contributed by atoms with van der Waals surface area (Å²) in [5.74, 6) is 1.68. The predicted octanol–water partition coefficient (Wildman–Crippen LogP) is 3.87. The van der Waals surface area contributed by atoms with Crippen LogP contribution in [0.4, 0.5) is 5.95 Å². The summed E-state index contributed by atoms with van der Waals surface area (Å²) in [5, 5.41) is 3.07. The summed E-state index contributed by atoms with van der Waals surface area (Å²) in [4.78, 5) is 23.0. The van der Waals surface area contributed by atoms with Crippen LogP contribution < -0.4 is 15.0 Å². The molecule has 1 atom stereocenters. The van der Waals surface area contributed by atoms with Gasteiger partial charge in [-0.1, -0.05) is 28.1 Å². The first kappa shape index (κ1) is 18.8. The second-order valence-electron chi connectivity index (χ2n) is 7.08. The van der Waals surface area contributed by atoms with E-state index in [1.54, 1.807) is 7.11 Å². The van der Waals surface area contributed by atoms with Crippen LogP contribution in [-0.4, -0.2) is 36.1 Å². The number of piperidine rings is 1. The molecule has 2 aromatic carbocycles. The van der Waals surface area contributed by atoms with Crippen LogP contribution in [0.1, 0.15) is 18.4 Å². The number of rotatable bonds is 5. The number of anilines is 1. The Morgan fingerprint density at radius 1 is 1.36 bits per heavy atom. The molecule has 0 saturated carbocycles. The summed E-state index contributed by atoms with van der Waals surface area (Å²) in [6.45, 7) is 2.08. The van der Waals surface area contributed by atoms with Crippen molar-refractivity contribution in [2.75, 3.05) is 25.1 Å². The Bertz CT molecular complexity index is 987. The van der Waals surface area contributed by atoms with Crippen molar-refractivity contribution in [3.8, 4) is 5.75 Å². The van der Waals surface area contributed by atoms with Crippen molar-refractivity contribution in [3.63, 3.8) is 0 Å². The highest BCUT2D eigenvalue weighted by atomic mass is 79.9. The molecule has 28 heavy (non-hydrogen) atoms. The van der Waals surface area contributed by atoms with Gasteiger partial charge in [-0.15, -0.1) is 0 Å². The molecule has 1 aromatic heterocycles. The fraction of sp³-hybridized carbons (Fsp3) is 0.333. The highest BCUT2D eigenvalue weighted by molar-refractivity contribution is 9.10. The molecule has 1 aliphatic heterocycles. The maximum absolute atomic E-state index is 12.7. The highest BCUT2D eigenvalue weighted by Crippen LogP contribution is 2.25. The number of carbonyl (C=O) groups is 1. The van der Waals surface area contributed by atoms with Crippen molar-refractivity contribution in [1.82, 2.24) is 15.3 Å². The summed E-state index contributed by atoms with van der Waals surface area (Å²) in [6, 6.07) is 13.8. The van der Waals surface area contributed by atoms with Gasteiger partial charge in [-0.2, -0.15) is 0 Å². The first-order valence-electron chi connectivity index (χ1n) is 9.43. The van der Waals surface area contributed by atoms with E-state index in [0.717, 1.165) is 52.2 Å². The zero-order valence-electron chi connectivity index (χ0n) is 15.7. The van der Waals surface area contributed by atoms with Crippen LogP contribution in [0.25, 0.3) is 11.0 Å². The molecule has 0 aliphatic carbocycles. The van der Waals surface area contributed by atoms with E-state index in [9.17, 15) is 4.79 Å². The molecule has 1 aliphatic rings. The lowest BCUT2D eigenvalue weighted by Crippen LogP contribution is -2.43. The third kappa shape index (κ3) is 4.14. The van der Waals surface area contributed by atoms with Crippen molar-refractivity contribution in [1.29, 1.82) is 0 Å². The lowest BCUT2D eigenvalue weighted by Gasteiger charge is -2.31. The zero-order chi connectivity index (χ0) is 19.5. The Kier molecular flexibility index (Phi) is 5.52. The van der Waals surface area contributed by atoms with Crippen molar-refractivity contribution in [2.45, 2.75) is 19.4 Å². The van der Waals surface area contributed by atoms with Crippen LogP contribution in [0.3, 0.4) is 0 Å². The van der Waals surface area contributed by atoms with E-state index in [1.165, 1.54) is 0 Å². The Labute approximate surface area is 172 Å². The second kappa shape index (κ2) is 8.22. The van der Waals surface area contributed by atoms with Crippen LogP contribution in [0.2, 0.25) is 0 Å². The Morgan fingerprint density at radius 3 is 3.11 bits per heavy atom. The van der Waals surface area contributed by atoms with E-state index < -0.39 is 0 Å². The van der Waals surface area contributed by atoms with Crippen LogP contribution in [-0.2, 0) is 11.3 Å². The molecule has 4 rings (SSSR count). The molecule has 1 unspecified atom stereocenters. The first-order valence-corrected chi connectivity index (χ1v) is 10.2. The number of nitrogens with one attached hydrogen (secondary N) is 2.